The minimum atomic E-state index is -1.32. The number of carboxylic acid groups (broad SMARTS) is 4. The number of aliphatic carboxylic acids is 2. The number of nitrogens with one attached hydrogen (secondary N) is 8. The third kappa shape index (κ3) is 67.0. The fourth-order valence-corrected chi connectivity index (χ4v) is 15.0. The van der Waals surface area contributed by atoms with Crippen molar-refractivity contribution < 1.29 is 157 Å². The number of unbranched alkanes of at least 4 members (excludes halogenated alkanes) is 14. The van der Waals surface area contributed by atoms with Gasteiger partial charge >= 0.3 is 29.8 Å². The maximum Gasteiger partial charge on any atom is 0.335 e. The van der Waals surface area contributed by atoms with Crippen LogP contribution in [0.4, 0.5) is 0 Å². The van der Waals surface area contributed by atoms with Crippen molar-refractivity contribution >= 4 is 100.0 Å². The lowest BCUT2D eigenvalue weighted by Gasteiger charge is -2.28. The van der Waals surface area contributed by atoms with Gasteiger partial charge in [-0.05, 0) is 157 Å². The van der Waals surface area contributed by atoms with Crippen LogP contribution in [-0.2, 0) is 121 Å². The summed E-state index contributed by atoms with van der Waals surface area (Å²) in [6, 6.07) is 9.70. The van der Waals surface area contributed by atoms with Crippen molar-refractivity contribution in [3.63, 3.8) is 0 Å². The predicted molar refractivity (Wildman–Crippen MR) is 544 cm³/mol. The highest BCUT2D eigenvalue weighted by Crippen LogP contribution is 2.25. The maximum absolute atomic E-state index is 14.3. The molecule has 0 fully saturated rings. The molecule has 6 amide bonds. The Morgan fingerprint density at radius 2 is 0.945 bits per heavy atom. The van der Waals surface area contributed by atoms with Crippen molar-refractivity contribution in [2.75, 3.05) is 139 Å². The number of esters is 1. The Balaban J connectivity index is 0.00000362. The number of imidazole rings is 1. The Bertz CT molecular complexity index is 4230. The Morgan fingerprint density at radius 3 is 1.49 bits per heavy atom. The molecule has 0 saturated carbocycles. The van der Waals surface area contributed by atoms with Gasteiger partial charge in [0.1, 0.15) is 66.5 Å². The van der Waals surface area contributed by atoms with E-state index in [0.29, 0.717) is 140 Å². The number of aromatic nitrogens is 2. The number of hydrogen-bond acceptors (Lipinski definition) is 30. The van der Waals surface area contributed by atoms with Crippen LogP contribution in [0.25, 0.3) is 0 Å². The van der Waals surface area contributed by atoms with Crippen molar-refractivity contribution in [3.8, 4) is 11.5 Å². The highest BCUT2D eigenvalue weighted by atomic mass is 16.7. The van der Waals surface area contributed by atoms with Gasteiger partial charge in [0.2, 0.25) is 29.5 Å². The number of hydrogen-bond donors (Lipinski definition) is 12. The number of methoxy groups -OCH3 is 1. The lowest BCUT2D eigenvalue weighted by Crippen LogP contribution is -2.50. The smallest absolute Gasteiger partial charge is 0.335 e. The molecule has 41 nitrogen and oxygen atoms in total. The van der Waals surface area contributed by atoms with Crippen molar-refractivity contribution in [2.45, 2.75) is 304 Å². The molecule has 0 aliphatic rings. The normalized spacial score (nSPS) is 12.8. The summed E-state index contributed by atoms with van der Waals surface area (Å²) in [5, 5.41) is 53.7. The van der Waals surface area contributed by atoms with Gasteiger partial charge in [0, 0.05) is 131 Å². The second-order valence-corrected chi connectivity index (χ2v) is 36.4. The first-order chi connectivity index (χ1) is 70.2. The molecular weight excluding hydrogens is 1900 g/mol. The summed E-state index contributed by atoms with van der Waals surface area (Å²) in [6.07, 6.45) is 20.5. The Kier molecular flexibility index (Phi) is 75.5. The maximum atomic E-state index is 14.3. The first kappa shape index (κ1) is 131. The number of carboxylic acids is 4. The van der Waals surface area contributed by atoms with E-state index in [0.717, 1.165) is 83.5 Å². The molecule has 0 aliphatic carbocycles. The minimum absolute atomic E-state index is 0. The molecule has 828 valence electrons. The number of carbonyl (C=O) groups is 17. The van der Waals surface area contributed by atoms with Gasteiger partial charge < -0.3 is 105 Å². The van der Waals surface area contributed by atoms with Gasteiger partial charge in [0.15, 0.2) is 17.7 Å². The summed E-state index contributed by atoms with van der Waals surface area (Å²) in [7, 11) is 1.60. The number of nitrogens with zero attached hydrogens (tertiary/aromatic N) is 1. The molecule has 8 atom stereocenters. The Labute approximate surface area is 862 Å². The van der Waals surface area contributed by atoms with Gasteiger partial charge in [0.05, 0.1) is 109 Å². The molecule has 1 heterocycles. The molecule has 1 aromatic heterocycles. The van der Waals surface area contributed by atoms with E-state index >= 15 is 0 Å². The van der Waals surface area contributed by atoms with Gasteiger partial charge in [-0.1, -0.05) is 119 Å². The Hall–Kier alpha value is -10.9. The van der Waals surface area contributed by atoms with Crippen LogP contribution in [0.2, 0.25) is 0 Å². The van der Waals surface area contributed by atoms with Crippen LogP contribution in [0.1, 0.15) is 302 Å². The predicted octanol–water partition coefficient (Wildman–Crippen LogP) is 11.4. The molecule has 0 bridgehead atoms. The quantitative estimate of drug-likeness (QED) is 0.0142. The van der Waals surface area contributed by atoms with E-state index in [1.807, 2.05) is 20.8 Å². The number of ether oxygens (including phenoxy) is 10. The van der Waals surface area contributed by atoms with Gasteiger partial charge in [-0.3, -0.25) is 67.2 Å². The topological polar surface area (TPSA) is 586 Å². The van der Waals surface area contributed by atoms with Gasteiger partial charge in [0.25, 0.3) is 5.91 Å². The fraction of sp³-hybridized carbons (Fsp3) is 0.695. The van der Waals surface area contributed by atoms with Gasteiger partial charge in [-0.15, -0.1) is 0 Å². The zero-order valence-electron chi connectivity index (χ0n) is 87.2. The molecule has 0 aliphatic heterocycles. The summed E-state index contributed by atoms with van der Waals surface area (Å²) in [4.78, 5) is 223. The monoisotopic (exact) mass is 2070 g/mol. The second kappa shape index (κ2) is 84.1. The summed E-state index contributed by atoms with van der Waals surface area (Å²) in [5.74, 6) is -9.40. The first-order valence-corrected chi connectivity index (χ1v) is 51.9. The van der Waals surface area contributed by atoms with Crippen molar-refractivity contribution in [1.29, 1.82) is 0 Å². The van der Waals surface area contributed by atoms with Crippen LogP contribution in [0.5, 0.6) is 11.5 Å². The molecule has 0 spiro atoms. The summed E-state index contributed by atoms with van der Waals surface area (Å²) in [5.41, 5.74) is 3.15. The molecule has 12 N–H and O–H groups in total. The number of H-pyrrole nitrogens is 1. The van der Waals surface area contributed by atoms with Crippen LogP contribution in [0.3, 0.4) is 0 Å². The van der Waals surface area contributed by atoms with E-state index in [9.17, 15) is 91.7 Å². The zero-order valence-corrected chi connectivity index (χ0v) is 87.2. The summed E-state index contributed by atoms with van der Waals surface area (Å²) < 4.78 is 54.2. The molecule has 3 rings (SSSR count). The summed E-state index contributed by atoms with van der Waals surface area (Å²) >= 11 is 0. The Morgan fingerprint density at radius 1 is 0.425 bits per heavy atom. The molecule has 146 heavy (non-hydrogen) atoms. The van der Waals surface area contributed by atoms with Crippen molar-refractivity contribution in [2.24, 2.45) is 29.6 Å². The van der Waals surface area contributed by atoms with Gasteiger partial charge in [-0.25, -0.2) is 29.6 Å². The summed E-state index contributed by atoms with van der Waals surface area (Å²) in [6.45, 7) is 16.5. The number of hydroxylamine groups is 1. The molecule has 41 heteroatoms. The van der Waals surface area contributed by atoms with E-state index in [2.05, 4.69) is 47.3 Å². The standard InChI is InChI=1S/C70H112N8O20.C35H55NO12.2H2/c1-8-49(6)56(9-2)67(87)77-66(48(4)5)70(92)98-61(42-53-43-71-47-75-53)59(81)41-52(23-17-19-33-72-62(83)10-3)60(82)44-74-57(50(7)79)25-18-20-34-73-64(85)45-95-39-40-97-78-65(86)46-94-38-37-93-35-22-24-54(80)29-32-58(69(90)91)76-63(84)26-16-14-12-11-13-15-21-36-96-55-30-27-51(28-31-55)68(88)89;1-44-22-23-45-19-9-11-31(38)27-47-25-24-46-21-18-36-33(39)17-14-29(35(42)43)26-30(37)10-7-5-3-2-4-6-8-20-48-32-15-12-28(13-16-32)34(40)41;;/h27-28,30-31,43,47-49,52,56-58,61,66,74H,8-26,29,32-42,44-46H2,1-7H3,(H,71,75)(H,72,83)(H,73,85)(H,76,84)(H,77,87)(H,78,86)(H,88,89)(H,90,91);12-13,15-16,29H,2-11,14,17-27H2,1H3,(H,36,39)(H,40,41)(H,42,43);2*1H/t49-,52+,56-,57?,58-,61-,66-;29-;;/m01../s1. The number of Topliss-reactive ketones (excluding diaryl/α,β-unsaturated/α-hetero) is 6. The third-order valence-electron chi connectivity index (χ3n) is 23.9. The van der Waals surface area contributed by atoms with Gasteiger partial charge in [-0.2, -0.15) is 0 Å². The molecule has 1 unspecified atom stereocenters. The van der Waals surface area contributed by atoms with E-state index in [1.165, 1.54) is 43.7 Å². The van der Waals surface area contributed by atoms with Crippen LogP contribution < -0.4 is 46.9 Å². The largest absolute Gasteiger partial charge is 0.494 e. The van der Waals surface area contributed by atoms with Crippen molar-refractivity contribution in [1.82, 2.24) is 47.3 Å². The molecule has 0 radical (unpaired) electrons. The van der Waals surface area contributed by atoms with E-state index in [1.54, 1.807) is 52.1 Å². The molecular formula is C105H171N9O32. The number of benzene rings is 2. The third-order valence-corrected chi connectivity index (χ3v) is 23.9. The molecule has 2 aromatic carbocycles. The van der Waals surface area contributed by atoms with Crippen LogP contribution in [0.15, 0.2) is 61.1 Å². The van der Waals surface area contributed by atoms with Crippen LogP contribution >= 0.6 is 0 Å². The highest BCUT2D eigenvalue weighted by Gasteiger charge is 2.36. The fourth-order valence-electron chi connectivity index (χ4n) is 15.0. The minimum Gasteiger partial charge on any atom is -0.494 e. The average Bonchev–Trinajstić information content (AvgIpc) is 1.21. The van der Waals surface area contributed by atoms with Crippen LogP contribution in [-0.4, -0.2) is 294 Å². The lowest BCUT2D eigenvalue weighted by atomic mass is 9.88. The van der Waals surface area contributed by atoms with E-state index in [4.69, 9.17) is 62.4 Å². The number of amides is 6. The van der Waals surface area contributed by atoms with Crippen LogP contribution in [0, 0.1) is 29.6 Å². The lowest BCUT2D eigenvalue weighted by molar-refractivity contribution is -0.159. The number of carbonyl (C=O) groups excluding carboxylic acids is 13. The number of ketones is 6. The zero-order chi connectivity index (χ0) is 108. The average molecular weight is 2070 g/mol. The highest BCUT2D eigenvalue weighted by molar-refractivity contribution is 5.94. The van der Waals surface area contributed by atoms with E-state index in [-0.39, 0.29) is 241 Å². The van der Waals surface area contributed by atoms with Crippen molar-refractivity contribution in [3.05, 3.63) is 77.9 Å². The number of aromatic carboxylic acids is 2. The van der Waals surface area contributed by atoms with E-state index < -0.39 is 83.5 Å². The second-order valence-electron chi connectivity index (χ2n) is 36.4. The number of rotatable bonds is 94. The first-order valence-electron chi connectivity index (χ1n) is 51.9. The molecule has 0 saturated heterocycles. The SMILES string of the molecule is CCC(=O)NCCCC[C@H](CC(=O)[C@H](Cc1cnc[nH]1)OC(=O)[C@@H](NC(=O)[C@@H](CC)[C@@H](C)CC)C(C)C)C(=O)CNC(CCCCNC(=O)COCCONC(=O)COCCOCCCC(=O)CC[C@H](NC(=O)CCCCCCCCCOc1ccc(C(=O)O)cc1)C(=O)O)C(C)=O.COCCOCCCC(=O)COCCOCCNC(=O)CC[C@H](CC(=O)CCCCCCCCCOc1ccc(C(=O)O)cc1)C(=O)O.[HH].[HH]. The number of aromatic amines is 1. The molecule has 3 aromatic rings.